The topological polar surface area (TPSA) is 41.6 Å². The van der Waals surface area contributed by atoms with Gasteiger partial charge in [-0.05, 0) is 49.7 Å². The van der Waals surface area contributed by atoms with Crippen LogP contribution in [0.25, 0.3) is 0 Å². The van der Waals surface area contributed by atoms with Crippen LogP contribution in [0.5, 0.6) is 5.75 Å². The summed E-state index contributed by atoms with van der Waals surface area (Å²) in [5.41, 5.74) is 1.81. The van der Waals surface area contributed by atoms with Crippen LogP contribution in [0.2, 0.25) is 0 Å². The minimum absolute atomic E-state index is 0.0961. The summed E-state index contributed by atoms with van der Waals surface area (Å²) in [6.45, 7) is 3.13. The normalized spacial score (nSPS) is 17.0. The van der Waals surface area contributed by atoms with E-state index >= 15 is 0 Å². The van der Waals surface area contributed by atoms with Crippen LogP contribution >= 0.6 is 0 Å². The van der Waals surface area contributed by atoms with Crippen molar-refractivity contribution in [3.8, 4) is 5.75 Å². The number of nitrogens with one attached hydrogen (secondary N) is 1. The van der Waals surface area contributed by atoms with Gasteiger partial charge in [-0.15, -0.1) is 0 Å². The summed E-state index contributed by atoms with van der Waals surface area (Å²) in [5, 5.41) is 3.19. The van der Waals surface area contributed by atoms with Crippen molar-refractivity contribution in [1.82, 2.24) is 10.2 Å². The molecule has 1 atom stereocenters. The van der Waals surface area contributed by atoms with Crippen molar-refractivity contribution in [2.75, 3.05) is 26.7 Å². The molecule has 1 fully saturated rings. The largest absolute Gasteiger partial charge is 0.489 e. The molecule has 1 heterocycles. The number of nitrogens with zero attached hydrogens (tertiary/aromatic N) is 1. The zero-order valence-electron chi connectivity index (χ0n) is 14.1. The summed E-state index contributed by atoms with van der Waals surface area (Å²) in [7, 11) is 1.96. The van der Waals surface area contributed by atoms with E-state index in [4.69, 9.17) is 4.74 Å². The number of carbonyl (C=O) groups is 1. The Morgan fingerprint density at radius 2 is 2.04 bits per heavy atom. The molecule has 0 aliphatic carbocycles. The van der Waals surface area contributed by atoms with Crippen LogP contribution in [0.4, 0.5) is 0 Å². The number of ether oxygens (including phenoxy) is 1. The van der Waals surface area contributed by atoms with Crippen molar-refractivity contribution in [3.63, 3.8) is 0 Å². The van der Waals surface area contributed by atoms with E-state index in [1.54, 1.807) is 0 Å². The predicted molar refractivity (Wildman–Crippen MR) is 95.2 cm³/mol. The van der Waals surface area contributed by atoms with Crippen LogP contribution in [-0.2, 0) is 6.61 Å². The summed E-state index contributed by atoms with van der Waals surface area (Å²) < 4.78 is 5.82. The highest BCUT2D eigenvalue weighted by atomic mass is 16.5. The average Bonchev–Trinajstić information content (AvgIpc) is 3.09. The van der Waals surface area contributed by atoms with Gasteiger partial charge in [-0.2, -0.15) is 0 Å². The molecule has 1 aliphatic heterocycles. The highest BCUT2D eigenvalue weighted by Crippen LogP contribution is 2.21. The molecule has 0 saturated carbocycles. The maximum absolute atomic E-state index is 12.7. The van der Waals surface area contributed by atoms with E-state index in [1.807, 2.05) is 66.5 Å². The molecule has 1 N–H and O–H groups in total. The lowest BCUT2D eigenvalue weighted by molar-refractivity contribution is 0.0786. The highest BCUT2D eigenvalue weighted by Gasteiger charge is 2.26. The van der Waals surface area contributed by atoms with E-state index in [0.29, 0.717) is 18.1 Å². The van der Waals surface area contributed by atoms with Gasteiger partial charge in [0, 0.05) is 18.7 Å². The third-order valence-corrected chi connectivity index (χ3v) is 4.40. The van der Waals surface area contributed by atoms with Gasteiger partial charge < -0.3 is 15.0 Å². The first-order valence-corrected chi connectivity index (χ1v) is 8.47. The van der Waals surface area contributed by atoms with E-state index in [9.17, 15) is 4.79 Å². The molecule has 24 heavy (non-hydrogen) atoms. The molecule has 0 aromatic heterocycles. The molecule has 2 aromatic carbocycles. The van der Waals surface area contributed by atoms with Crippen molar-refractivity contribution in [2.24, 2.45) is 5.92 Å². The smallest absolute Gasteiger partial charge is 0.253 e. The molecule has 1 amide bonds. The zero-order chi connectivity index (χ0) is 16.8. The second-order valence-corrected chi connectivity index (χ2v) is 6.27. The Morgan fingerprint density at radius 1 is 1.21 bits per heavy atom. The Hall–Kier alpha value is -2.33. The Kier molecular flexibility index (Phi) is 5.49. The second kappa shape index (κ2) is 7.97. The minimum atomic E-state index is 0.0961. The zero-order valence-corrected chi connectivity index (χ0v) is 14.1. The number of amides is 1. The fourth-order valence-corrected chi connectivity index (χ4v) is 3.11. The Bertz CT molecular complexity index is 672. The first-order chi connectivity index (χ1) is 11.8. The van der Waals surface area contributed by atoms with Gasteiger partial charge in [0.25, 0.3) is 5.91 Å². The standard InChI is InChI=1S/C20H24N2O2/c1-21-13-17-10-11-22(14-17)20(23)18-8-5-9-19(12-18)24-15-16-6-3-2-4-7-16/h2-9,12,17,21H,10-11,13-15H2,1H3. The number of likely N-dealkylation sites (tertiary alicyclic amines) is 1. The molecule has 2 aromatic rings. The summed E-state index contributed by atoms with van der Waals surface area (Å²) in [5.74, 6) is 1.38. The van der Waals surface area contributed by atoms with Crippen molar-refractivity contribution in [2.45, 2.75) is 13.0 Å². The summed E-state index contributed by atoms with van der Waals surface area (Å²) in [6, 6.07) is 17.5. The lowest BCUT2D eigenvalue weighted by Gasteiger charge is -2.17. The molecule has 0 spiro atoms. The summed E-state index contributed by atoms with van der Waals surface area (Å²) >= 11 is 0. The molecule has 1 aliphatic rings. The van der Waals surface area contributed by atoms with E-state index in [-0.39, 0.29) is 5.91 Å². The van der Waals surface area contributed by atoms with Crippen LogP contribution in [0.15, 0.2) is 54.6 Å². The Balaban J connectivity index is 1.61. The Morgan fingerprint density at radius 3 is 2.83 bits per heavy atom. The molecule has 4 heteroatoms. The van der Waals surface area contributed by atoms with Gasteiger partial charge in [0.1, 0.15) is 12.4 Å². The first kappa shape index (κ1) is 16.5. The highest BCUT2D eigenvalue weighted by molar-refractivity contribution is 5.94. The lowest BCUT2D eigenvalue weighted by atomic mass is 10.1. The predicted octanol–water partition coefficient (Wildman–Crippen LogP) is 2.95. The van der Waals surface area contributed by atoms with E-state index in [0.717, 1.165) is 37.4 Å². The SMILES string of the molecule is CNCC1CCN(C(=O)c2cccc(OCc3ccccc3)c2)C1. The number of rotatable bonds is 6. The van der Waals surface area contributed by atoms with E-state index < -0.39 is 0 Å². The van der Waals surface area contributed by atoms with Crippen molar-refractivity contribution < 1.29 is 9.53 Å². The molecule has 3 rings (SSSR count). The van der Waals surface area contributed by atoms with E-state index in [2.05, 4.69) is 5.32 Å². The van der Waals surface area contributed by atoms with Gasteiger partial charge in [0.05, 0.1) is 0 Å². The van der Waals surface area contributed by atoms with Gasteiger partial charge in [0.15, 0.2) is 0 Å². The van der Waals surface area contributed by atoms with Crippen molar-refractivity contribution in [1.29, 1.82) is 0 Å². The third kappa shape index (κ3) is 4.15. The lowest BCUT2D eigenvalue weighted by Crippen LogP contribution is -2.30. The number of carbonyl (C=O) groups excluding carboxylic acids is 1. The molecule has 0 bridgehead atoms. The fraction of sp³-hybridized carbons (Fsp3) is 0.350. The van der Waals surface area contributed by atoms with Gasteiger partial charge in [-0.3, -0.25) is 4.79 Å². The third-order valence-electron chi connectivity index (χ3n) is 4.40. The maximum Gasteiger partial charge on any atom is 0.253 e. The quantitative estimate of drug-likeness (QED) is 0.888. The number of hydrogen-bond acceptors (Lipinski definition) is 3. The number of hydrogen-bond donors (Lipinski definition) is 1. The molecule has 1 saturated heterocycles. The summed E-state index contributed by atoms with van der Waals surface area (Å²) in [6.07, 6.45) is 1.07. The van der Waals surface area contributed by atoms with Gasteiger partial charge >= 0.3 is 0 Å². The van der Waals surface area contributed by atoms with Gasteiger partial charge in [0.2, 0.25) is 0 Å². The fourth-order valence-electron chi connectivity index (χ4n) is 3.11. The minimum Gasteiger partial charge on any atom is -0.489 e. The van der Waals surface area contributed by atoms with Gasteiger partial charge in [-0.1, -0.05) is 36.4 Å². The van der Waals surface area contributed by atoms with Crippen LogP contribution < -0.4 is 10.1 Å². The molecule has 0 radical (unpaired) electrons. The van der Waals surface area contributed by atoms with E-state index in [1.165, 1.54) is 0 Å². The van der Waals surface area contributed by atoms with Crippen LogP contribution in [0.3, 0.4) is 0 Å². The monoisotopic (exact) mass is 324 g/mol. The van der Waals surface area contributed by atoms with Crippen molar-refractivity contribution >= 4 is 5.91 Å². The number of benzene rings is 2. The molecular weight excluding hydrogens is 300 g/mol. The molecule has 1 unspecified atom stereocenters. The van der Waals surface area contributed by atoms with Crippen LogP contribution in [0, 0.1) is 5.92 Å². The summed E-state index contributed by atoms with van der Waals surface area (Å²) in [4.78, 5) is 14.6. The van der Waals surface area contributed by atoms with Crippen LogP contribution in [-0.4, -0.2) is 37.5 Å². The molecule has 126 valence electrons. The van der Waals surface area contributed by atoms with Crippen LogP contribution in [0.1, 0.15) is 22.3 Å². The average molecular weight is 324 g/mol. The van der Waals surface area contributed by atoms with Gasteiger partial charge in [-0.25, -0.2) is 0 Å². The molecule has 4 nitrogen and oxygen atoms in total. The maximum atomic E-state index is 12.7. The van der Waals surface area contributed by atoms with Crippen molar-refractivity contribution in [3.05, 3.63) is 65.7 Å². The first-order valence-electron chi connectivity index (χ1n) is 8.47. The Labute approximate surface area is 143 Å². The molecular formula is C20H24N2O2. The second-order valence-electron chi connectivity index (χ2n) is 6.27.